The number of aliphatic hydroxyl groups excluding tert-OH is 1. The van der Waals surface area contributed by atoms with Gasteiger partial charge in [-0.3, -0.25) is 0 Å². The largest absolute Gasteiger partial charge is 0.497 e. The zero-order valence-corrected chi connectivity index (χ0v) is 10.0. The van der Waals surface area contributed by atoms with Crippen LogP contribution in [0.2, 0.25) is 0 Å². The van der Waals surface area contributed by atoms with E-state index in [9.17, 15) is 5.11 Å². The summed E-state index contributed by atoms with van der Waals surface area (Å²) < 4.78 is 5.16. The van der Waals surface area contributed by atoms with Gasteiger partial charge in [0, 0.05) is 17.3 Å². The van der Waals surface area contributed by atoms with Crippen LogP contribution in [0.15, 0.2) is 18.2 Å². The summed E-state index contributed by atoms with van der Waals surface area (Å²) in [6.07, 6.45) is 0.372. The Bertz CT molecular complexity index is 376. The van der Waals surface area contributed by atoms with E-state index in [1.807, 2.05) is 18.2 Å². The highest BCUT2D eigenvalue weighted by molar-refractivity contribution is 5.57. The number of fused-ring (bicyclic) bond motifs is 1. The first kappa shape index (κ1) is 11.3. The first-order chi connectivity index (χ1) is 7.61. The number of ether oxygens (including phenoxy) is 1. The molecular weight excluding hydrogens is 202 g/mol. The van der Waals surface area contributed by atoms with E-state index in [1.54, 1.807) is 7.11 Å². The number of anilines is 1. The zero-order chi connectivity index (χ0) is 11.7. The molecule has 16 heavy (non-hydrogen) atoms. The molecular formula is C13H19NO2. The first-order valence-corrected chi connectivity index (χ1v) is 5.74. The van der Waals surface area contributed by atoms with Gasteiger partial charge >= 0.3 is 0 Å². The van der Waals surface area contributed by atoms with Crippen LogP contribution in [0, 0.1) is 5.92 Å². The number of hydrogen-bond acceptors (Lipinski definition) is 3. The molecule has 1 aliphatic rings. The van der Waals surface area contributed by atoms with Crippen molar-refractivity contribution in [1.82, 2.24) is 0 Å². The molecule has 2 rings (SSSR count). The predicted octanol–water partition coefficient (Wildman–Crippen LogP) is 2.57. The molecule has 0 saturated heterocycles. The van der Waals surface area contributed by atoms with E-state index in [2.05, 4.69) is 19.2 Å². The van der Waals surface area contributed by atoms with Gasteiger partial charge in [-0.2, -0.15) is 0 Å². The minimum atomic E-state index is -0.390. The highest BCUT2D eigenvalue weighted by atomic mass is 16.5. The maximum Gasteiger partial charge on any atom is 0.119 e. The van der Waals surface area contributed by atoms with Gasteiger partial charge in [-0.15, -0.1) is 0 Å². The fraction of sp³-hybridized carbons (Fsp3) is 0.538. The van der Waals surface area contributed by atoms with Crippen LogP contribution in [-0.2, 0) is 0 Å². The Morgan fingerprint density at radius 2 is 2.19 bits per heavy atom. The van der Waals surface area contributed by atoms with Crippen LogP contribution in [0.4, 0.5) is 5.69 Å². The average Bonchev–Trinajstić information content (AvgIpc) is 2.28. The third-order valence-electron chi connectivity index (χ3n) is 3.24. The van der Waals surface area contributed by atoms with Crippen molar-refractivity contribution in [2.24, 2.45) is 5.92 Å². The highest BCUT2D eigenvalue weighted by Gasteiger charge is 2.26. The lowest BCUT2D eigenvalue weighted by Gasteiger charge is -2.33. The van der Waals surface area contributed by atoms with E-state index in [-0.39, 0.29) is 0 Å². The maximum absolute atomic E-state index is 10.1. The lowest BCUT2D eigenvalue weighted by Crippen LogP contribution is -2.32. The molecule has 0 aliphatic carbocycles. The quantitative estimate of drug-likeness (QED) is 0.806. The Labute approximate surface area is 96.4 Å². The van der Waals surface area contributed by atoms with Crippen LogP contribution >= 0.6 is 0 Å². The minimum absolute atomic E-state index is 0.343. The summed E-state index contributed by atoms with van der Waals surface area (Å²) in [5.74, 6) is 1.31. The van der Waals surface area contributed by atoms with Crippen LogP contribution in [0.3, 0.4) is 0 Å². The molecule has 0 fully saturated rings. The summed E-state index contributed by atoms with van der Waals surface area (Å²) in [4.78, 5) is 0. The zero-order valence-electron chi connectivity index (χ0n) is 10.0. The highest BCUT2D eigenvalue weighted by Crippen LogP contribution is 2.36. The van der Waals surface area contributed by atoms with Crippen molar-refractivity contribution in [3.05, 3.63) is 23.8 Å². The first-order valence-electron chi connectivity index (χ1n) is 5.74. The Morgan fingerprint density at radius 3 is 2.81 bits per heavy atom. The second kappa shape index (κ2) is 4.34. The molecule has 1 aromatic rings. The van der Waals surface area contributed by atoms with Crippen LogP contribution in [0.5, 0.6) is 5.75 Å². The van der Waals surface area contributed by atoms with Gasteiger partial charge in [-0.05, 0) is 30.5 Å². The van der Waals surface area contributed by atoms with Crippen molar-refractivity contribution in [2.75, 3.05) is 12.4 Å². The molecule has 0 amide bonds. The lowest BCUT2D eigenvalue weighted by molar-refractivity contribution is 0.148. The van der Waals surface area contributed by atoms with Crippen molar-refractivity contribution in [1.29, 1.82) is 0 Å². The van der Waals surface area contributed by atoms with Crippen molar-refractivity contribution in [3.8, 4) is 5.75 Å². The second-order valence-electron chi connectivity index (χ2n) is 4.70. The Balaban J connectivity index is 2.30. The molecule has 0 radical (unpaired) electrons. The fourth-order valence-electron chi connectivity index (χ4n) is 2.14. The Hall–Kier alpha value is -1.22. The van der Waals surface area contributed by atoms with Gasteiger partial charge in [0.15, 0.2) is 0 Å². The molecule has 1 heterocycles. The number of benzene rings is 1. The molecule has 1 aliphatic heterocycles. The third kappa shape index (κ3) is 2.00. The van der Waals surface area contributed by atoms with Crippen molar-refractivity contribution in [2.45, 2.75) is 32.4 Å². The molecule has 1 aromatic carbocycles. The summed E-state index contributed by atoms with van der Waals surface area (Å²) in [7, 11) is 1.64. The molecule has 0 aromatic heterocycles. The lowest BCUT2D eigenvalue weighted by atomic mass is 9.89. The van der Waals surface area contributed by atoms with Gasteiger partial charge in [0.1, 0.15) is 5.75 Å². The topological polar surface area (TPSA) is 41.5 Å². The van der Waals surface area contributed by atoms with Crippen molar-refractivity contribution < 1.29 is 9.84 Å². The standard InChI is InChI=1S/C13H19NO2/c1-8(2)12-7-13(15)10-6-9(16-3)4-5-11(10)14-12/h4-6,8,12-15H,7H2,1-3H3. The molecule has 2 atom stereocenters. The number of aliphatic hydroxyl groups is 1. The van der Waals surface area contributed by atoms with E-state index >= 15 is 0 Å². The number of nitrogens with one attached hydrogen (secondary N) is 1. The van der Waals surface area contributed by atoms with E-state index in [4.69, 9.17) is 4.74 Å². The van der Waals surface area contributed by atoms with E-state index in [1.165, 1.54) is 0 Å². The summed E-state index contributed by atoms with van der Waals surface area (Å²) in [6, 6.07) is 6.15. The van der Waals surface area contributed by atoms with Crippen LogP contribution in [0.1, 0.15) is 31.9 Å². The molecule has 3 heteroatoms. The van der Waals surface area contributed by atoms with Crippen molar-refractivity contribution in [3.63, 3.8) is 0 Å². The van der Waals surface area contributed by atoms with Crippen LogP contribution < -0.4 is 10.1 Å². The van der Waals surface area contributed by atoms with Gasteiger partial charge in [0.25, 0.3) is 0 Å². The Morgan fingerprint density at radius 1 is 1.44 bits per heavy atom. The van der Waals surface area contributed by atoms with Crippen molar-refractivity contribution >= 4 is 5.69 Å². The summed E-state index contributed by atoms with van der Waals surface area (Å²) in [6.45, 7) is 4.33. The normalized spacial score (nSPS) is 23.8. The van der Waals surface area contributed by atoms with E-state index in [0.29, 0.717) is 12.0 Å². The predicted molar refractivity (Wildman–Crippen MR) is 64.8 cm³/mol. The van der Waals surface area contributed by atoms with Gasteiger partial charge in [0.2, 0.25) is 0 Å². The third-order valence-corrected chi connectivity index (χ3v) is 3.24. The fourth-order valence-corrected chi connectivity index (χ4v) is 2.14. The molecule has 2 N–H and O–H groups in total. The van der Waals surface area contributed by atoms with E-state index in [0.717, 1.165) is 23.4 Å². The van der Waals surface area contributed by atoms with Gasteiger partial charge in [-0.1, -0.05) is 13.8 Å². The van der Waals surface area contributed by atoms with Gasteiger partial charge in [-0.25, -0.2) is 0 Å². The number of rotatable bonds is 2. The molecule has 0 bridgehead atoms. The summed E-state index contributed by atoms with van der Waals surface area (Å²) in [5, 5.41) is 13.6. The SMILES string of the molecule is COc1ccc2c(c1)C(O)CC(C(C)C)N2. The average molecular weight is 221 g/mol. The number of hydrogen-bond donors (Lipinski definition) is 2. The van der Waals surface area contributed by atoms with Crippen LogP contribution in [0.25, 0.3) is 0 Å². The minimum Gasteiger partial charge on any atom is -0.497 e. The molecule has 0 saturated carbocycles. The maximum atomic E-state index is 10.1. The molecule has 3 nitrogen and oxygen atoms in total. The summed E-state index contributed by atoms with van der Waals surface area (Å²) in [5.41, 5.74) is 1.97. The van der Waals surface area contributed by atoms with Crippen LogP contribution in [-0.4, -0.2) is 18.3 Å². The second-order valence-corrected chi connectivity index (χ2v) is 4.70. The molecule has 88 valence electrons. The summed E-state index contributed by atoms with van der Waals surface area (Å²) >= 11 is 0. The van der Waals surface area contributed by atoms with Gasteiger partial charge < -0.3 is 15.2 Å². The smallest absolute Gasteiger partial charge is 0.119 e. The monoisotopic (exact) mass is 221 g/mol. The molecule has 2 unspecified atom stereocenters. The van der Waals surface area contributed by atoms with Gasteiger partial charge in [0.05, 0.1) is 13.2 Å². The number of methoxy groups -OCH3 is 1. The molecule has 0 spiro atoms. The van der Waals surface area contributed by atoms with E-state index < -0.39 is 6.10 Å². The Kier molecular flexibility index (Phi) is 3.06.